The van der Waals surface area contributed by atoms with Crippen LogP contribution in [0.4, 0.5) is 5.82 Å². The molecule has 110 valence electrons. The number of piperidine rings is 1. The number of likely N-dealkylation sites (tertiary alicyclic amines) is 1. The Morgan fingerprint density at radius 3 is 2.90 bits per heavy atom. The van der Waals surface area contributed by atoms with Gasteiger partial charge in [0.25, 0.3) is 0 Å². The summed E-state index contributed by atoms with van der Waals surface area (Å²) >= 11 is 0. The Morgan fingerprint density at radius 1 is 1.50 bits per heavy atom. The average molecular weight is 278 g/mol. The molecule has 0 aliphatic carbocycles. The van der Waals surface area contributed by atoms with Gasteiger partial charge in [0.1, 0.15) is 5.82 Å². The highest BCUT2D eigenvalue weighted by atomic mass is 16.5. The van der Waals surface area contributed by atoms with E-state index in [-0.39, 0.29) is 5.91 Å². The zero-order valence-corrected chi connectivity index (χ0v) is 11.8. The topological polar surface area (TPSA) is 80.5 Å². The second-order valence-electron chi connectivity index (χ2n) is 4.96. The van der Waals surface area contributed by atoms with Crippen LogP contribution in [0.5, 0.6) is 5.88 Å². The van der Waals surface area contributed by atoms with E-state index in [9.17, 15) is 4.79 Å². The predicted molar refractivity (Wildman–Crippen MR) is 77.7 cm³/mol. The zero-order chi connectivity index (χ0) is 14.4. The average Bonchev–Trinajstić information content (AvgIpc) is 2.41. The summed E-state index contributed by atoms with van der Waals surface area (Å²) in [5.74, 6) is 1.22. The smallest absolute Gasteiger partial charge is 0.231 e. The molecule has 2 heterocycles. The normalized spacial score (nSPS) is 16.9. The van der Waals surface area contributed by atoms with Crippen LogP contribution in [0.15, 0.2) is 18.2 Å². The maximum Gasteiger partial charge on any atom is 0.231 e. The largest absolute Gasteiger partial charge is 0.478 e. The molecule has 6 nitrogen and oxygen atoms in total. The van der Waals surface area contributed by atoms with Crippen LogP contribution in [-0.4, -0.2) is 48.1 Å². The number of nitrogens with zero attached hydrogens (tertiary/aromatic N) is 2. The first-order valence-electron chi connectivity index (χ1n) is 7.04. The summed E-state index contributed by atoms with van der Waals surface area (Å²) in [6, 6.07) is 6.11. The van der Waals surface area contributed by atoms with Gasteiger partial charge in [0.2, 0.25) is 11.8 Å². The molecule has 1 aliphatic heterocycles. The lowest BCUT2D eigenvalue weighted by molar-refractivity contribution is -0.119. The third-order valence-electron chi connectivity index (χ3n) is 3.33. The van der Waals surface area contributed by atoms with Gasteiger partial charge >= 0.3 is 0 Å². The molecule has 1 fully saturated rings. The number of carbonyl (C=O) groups is 1. The molecule has 2 rings (SSSR count). The summed E-state index contributed by atoms with van der Waals surface area (Å²) in [6.45, 7) is 4.67. The third-order valence-corrected chi connectivity index (χ3v) is 3.33. The summed E-state index contributed by atoms with van der Waals surface area (Å²) in [7, 11) is 0. The van der Waals surface area contributed by atoms with Crippen LogP contribution in [0.25, 0.3) is 0 Å². The lowest BCUT2D eigenvalue weighted by Gasteiger charge is -2.31. The maximum absolute atomic E-state index is 10.9. The Kier molecular flexibility index (Phi) is 5.17. The van der Waals surface area contributed by atoms with Gasteiger partial charge in [-0.1, -0.05) is 6.07 Å². The van der Waals surface area contributed by atoms with Gasteiger partial charge < -0.3 is 15.8 Å². The maximum atomic E-state index is 10.9. The van der Waals surface area contributed by atoms with Crippen LogP contribution >= 0.6 is 0 Å². The summed E-state index contributed by atoms with van der Waals surface area (Å²) in [6.07, 6.45) is 1.96. The molecule has 1 amide bonds. The molecule has 1 aliphatic rings. The van der Waals surface area contributed by atoms with Crippen molar-refractivity contribution < 1.29 is 9.53 Å². The number of hydrogen-bond donors (Lipinski definition) is 2. The van der Waals surface area contributed by atoms with Crippen molar-refractivity contribution in [1.29, 1.82) is 0 Å². The predicted octanol–water partition coefficient (Wildman–Crippen LogP) is 0.842. The van der Waals surface area contributed by atoms with Gasteiger partial charge in [-0.3, -0.25) is 9.69 Å². The Balaban J connectivity index is 1.83. The molecule has 0 unspecified atom stereocenters. The summed E-state index contributed by atoms with van der Waals surface area (Å²) in [5, 5.41) is 3.42. The molecule has 1 saturated heterocycles. The van der Waals surface area contributed by atoms with E-state index in [1.807, 2.05) is 25.1 Å². The Bertz CT molecular complexity index is 445. The van der Waals surface area contributed by atoms with E-state index in [0.717, 1.165) is 31.7 Å². The minimum Gasteiger partial charge on any atom is -0.478 e. The van der Waals surface area contributed by atoms with Crippen molar-refractivity contribution in [3.8, 4) is 5.88 Å². The molecule has 1 aromatic rings. The zero-order valence-electron chi connectivity index (χ0n) is 11.8. The third kappa shape index (κ3) is 4.38. The highest BCUT2D eigenvalue weighted by Gasteiger charge is 2.20. The summed E-state index contributed by atoms with van der Waals surface area (Å²) in [4.78, 5) is 17.4. The molecule has 20 heavy (non-hydrogen) atoms. The standard InChI is InChI=1S/C14H22N4O2/c1-2-20-14-5-3-4-13(17-14)16-11-6-8-18(9-7-11)10-12(15)19/h3-5,11H,2,6-10H2,1H3,(H2,15,19)(H,16,17). The number of hydrogen-bond acceptors (Lipinski definition) is 5. The van der Waals surface area contributed by atoms with Crippen molar-refractivity contribution in [1.82, 2.24) is 9.88 Å². The Labute approximate surface area is 119 Å². The number of pyridine rings is 1. The van der Waals surface area contributed by atoms with Crippen molar-refractivity contribution in [2.24, 2.45) is 5.73 Å². The molecular formula is C14H22N4O2. The van der Waals surface area contributed by atoms with E-state index >= 15 is 0 Å². The molecule has 0 bridgehead atoms. The van der Waals surface area contributed by atoms with Crippen LogP contribution in [0, 0.1) is 0 Å². The summed E-state index contributed by atoms with van der Waals surface area (Å²) in [5.41, 5.74) is 5.21. The number of carbonyl (C=O) groups excluding carboxylic acids is 1. The molecule has 0 radical (unpaired) electrons. The molecule has 0 spiro atoms. The van der Waals surface area contributed by atoms with Gasteiger partial charge in [-0.2, -0.15) is 4.98 Å². The van der Waals surface area contributed by atoms with Crippen molar-refractivity contribution in [2.45, 2.75) is 25.8 Å². The number of nitrogens with two attached hydrogens (primary N) is 1. The van der Waals surface area contributed by atoms with Gasteiger partial charge in [-0.15, -0.1) is 0 Å². The number of primary amides is 1. The number of anilines is 1. The van der Waals surface area contributed by atoms with Crippen molar-refractivity contribution in [3.63, 3.8) is 0 Å². The lowest BCUT2D eigenvalue weighted by Crippen LogP contribution is -2.43. The SMILES string of the molecule is CCOc1cccc(NC2CCN(CC(N)=O)CC2)n1. The lowest BCUT2D eigenvalue weighted by atomic mass is 10.1. The molecule has 0 aromatic carbocycles. The quantitative estimate of drug-likeness (QED) is 0.806. The summed E-state index contributed by atoms with van der Waals surface area (Å²) < 4.78 is 5.39. The van der Waals surface area contributed by atoms with E-state index < -0.39 is 0 Å². The fraction of sp³-hybridized carbons (Fsp3) is 0.571. The number of rotatable bonds is 6. The van der Waals surface area contributed by atoms with Gasteiger partial charge in [0.15, 0.2) is 0 Å². The minimum atomic E-state index is -0.262. The van der Waals surface area contributed by atoms with Gasteiger partial charge in [0, 0.05) is 25.2 Å². The minimum absolute atomic E-state index is 0.262. The van der Waals surface area contributed by atoms with E-state index in [4.69, 9.17) is 10.5 Å². The van der Waals surface area contributed by atoms with E-state index in [1.54, 1.807) is 0 Å². The van der Waals surface area contributed by atoms with Gasteiger partial charge in [-0.05, 0) is 25.8 Å². The molecule has 3 N–H and O–H groups in total. The van der Waals surface area contributed by atoms with Gasteiger partial charge in [-0.25, -0.2) is 0 Å². The fourth-order valence-electron chi connectivity index (χ4n) is 2.39. The second-order valence-corrected chi connectivity index (χ2v) is 4.96. The molecule has 0 saturated carbocycles. The Hall–Kier alpha value is -1.82. The molecule has 1 aromatic heterocycles. The van der Waals surface area contributed by atoms with Crippen LogP contribution in [0.1, 0.15) is 19.8 Å². The van der Waals surface area contributed by atoms with Crippen LogP contribution in [-0.2, 0) is 4.79 Å². The van der Waals surface area contributed by atoms with Crippen molar-refractivity contribution >= 4 is 11.7 Å². The fourth-order valence-corrected chi connectivity index (χ4v) is 2.39. The van der Waals surface area contributed by atoms with Crippen LogP contribution < -0.4 is 15.8 Å². The van der Waals surface area contributed by atoms with Crippen molar-refractivity contribution in [2.75, 3.05) is 31.6 Å². The highest BCUT2D eigenvalue weighted by molar-refractivity contribution is 5.75. The molecule has 6 heteroatoms. The van der Waals surface area contributed by atoms with Crippen molar-refractivity contribution in [3.05, 3.63) is 18.2 Å². The van der Waals surface area contributed by atoms with Crippen LogP contribution in [0.3, 0.4) is 0 Å². The van der Waals surface area contributed by atoms with Gasteiger partial charge in [0.05, 0.1) is 13.2 Å². The number of aromatic nitrogens is 1. The van der Waals surface area contributed by atoms with E-state index in [1.165, 1.54) is 0 Å². The number of amides is 1. The molecule has 0 atom stereocenters. The molecular weight excluding hydrogens is 256 g/mol. The first-order chi connectivity index (χ1) is 9.67. The highest BCUT2D eigenvalue weighted by Crippen LogP contribution is 2.17. The van der Waals surface area contributed by atoms with E-state index in [0.29, 0.717) is 25.1 Å². The number of ether oxygens (including phenoxy) is 1. The Morgan fingerprint density at radius 2 is 2.25 bits per heavy atom. The van der Waals surface area contributed by atoms with Crippen LogP contribution in [0.2, 0.25) is 0 Å². The first-order valence-corrected chi connectivity index (χ1v) is 7.04. The number of nitrogens with one attached hydrogen (secondary N) is 1. The first kappa shape index (κ1) is 14.6. The second kappa shape index (κ2) is 7.09. The van der Waals surface area contributed by atoms with E-state index in [2.05, 4.69) is 15.2 Å². The monoisotopic (exact) mass is 278 g/mol.